The van der Waals surface area contributed by atoms with Crippen molar-refractivity contribution in [1.29, 1.82) is 0 Å². The van der Waals surface area contributed by atoms with Crippen molar-refractivity contribution in [3.05, 3.63) is 46.3 Å². The van der Waals surface area contributed by atoms with Crippen LogP contribution in [0.1, 0.15) is 35.1 Å². The number of fused-ring (bicyclic) bond motifs is 1. The summed E-state index contributed by atoms with van der Waals surface area (Å²) in [6.07, 6.45) is 0.610. The van der Waals surface area contributed by atoms with Gasteiger partial charge in [-0.2, -0.15) is 9.78 Å². The Morgan fingerprint density at radius 2 is 2.06 bits per heavy atom. The van der Waals surface area contributed by atoms with Crippen molar-refractivity contribution in [2.45, 2.75) is 37.6 Å². The summed E-state index contributed by atoms with van der Waals surface area (Å²) in [6, 6.07) is 8.42. The first-order valence-electron chi connectivity index (χ1n) is 9.99. The van der Waals surface area contributed by atoms with Gasteiger partial charge >= 0.3 is 0 Å². The van der Waals surface area contributed by atoms with Crippen LogP contribution in [0.15, 0.2) is 40.6 Å². The number of benzene rings is 1. The predicted molar refractivity (Wildman–Crippen MR) is 120 cm³/mol. The van der Waals surface area contributed by atoms with Gasteiger partial charge in [0.25, 0.3) is 0 Å². The molecule has 2 aromatic heterocycles. The number of sulfonamides is 1. The Bertz CT molecular complexity index is 1280. The maximum atomic E-state index is 13.1. The van der Waals surface area contributed by atoms with Crippen LogP contribution in [0.25, 0.3) is 11.1 Å². The zero-order chi connectivity index (χ0) is 22.9. The van der Waals surface area contributed by atoms with Gasteiger partial charge in [-0.15, -0.1) is 11.3 Å². The Morgan fingerprint density at radius 3 is 2.75 bits per heavy atom. The minimum atomic E-state index is -3.91. The summed E-state index contributed by atoms with van der Waals surface area (Å²) in [4.78, 5) is 25.5. The number of nitrogens with one attached hydrogen (secondary N) is 2. The lowest BCUT2D eigenvalue weighted by Gasteiger charge is -2.13. The molecule has 0 aliphatic carbocycles. The summed E-state index contributed by atoms with van der Waals surface area (Å²) in [5, 5.41) is 9.01. The third-order valence-corrected chi connectivity index (χ3v) is 7.41. The van der Waals surface area contributed by atoms with E-state index in [1.54, 1.807) is 12.1 Å². The van der Waals surface area contributed by atoms with Crippen molar-refractivity contribution < 1.29 is 22.7 Å². The first-order chi connectivity index (χ1) is 15.3. The van der Waals surface area contributed by atoms with E-state index in [9.17, 15) is 18.0 Å². The molecule has 0 saturated carbocycles. The summed E-state index contributed by atoms with van der Waals surface area (Å²) in [7, 11) is -2.51. The number of ether oxygens (including phenoxy) is 1. The zero-order valence-electron chi connectivity index (χ0n) is 17.5. The monoisotopic (exact) mass is 474 g/mol. The molecule has 4 rings (SSSR count). The molecule has 3 aromatic rings. The summed E-state index contributed by atoms with van der Waals surface area (Å²) < 4.78 is 35.3. The van der Waals surface area contributed by atoms with Gasteiger partial charge in [0, 0.05) is 29.8 Å². The highest BCUT2D eigenvalue weighted by Crippen LogP contribution is 2.37. The summed E-state index contributed by atoms with van der Waals surface area (Å²) >= 11 is 1.45. The standard InChI is InChI=1S/C21H22N4O5S2/c1-3-15-20(21-23-18(26)8-9-19(27)25(21)24-15)13-6-7-16(30-2)17(11-13)32(28,29)22-12-14-5-4-10-31-14/h4-7,10-11,22H,3,8-9,12H2,1-2H3,(H,23,26). The Balaban J connectivity index is 1.81. The summed E-state index contributed by atoms with van der Waals surface area (Å²) in [5.41, 5.74) is 1.61. The number of thiophene rings is 1. The molecule has 168 valence electrons. The molecule has 0 bridgehead atoms. The van der Waals surface area contributed by atoms with Crippen LogP contribution < -0.4 is 14.8 Å². The fourth-order valence-corrected chi connectivity index (χ4v) is 5.47. The van der Waals surface area contributed by atoms with Crippen LogP contribution in [0.5, 0.6) is 5.75 Å². The molecular weight excluding hydrogens is 452 g/mol. The smallest absolute Gasteiger partial charge is 0.249 e. The lowest BCUT2D eigenvalue weighted by molar-refractivity contribution is -0.116. The van der Waals surface area contributed by atoms with Gasteiger partial charge in [0.15, 0.2) is 0 Å². The van der Waals surface area contributed by atoms with E-state index in [1.807, 2.05) is 24.4 Å². The van der Waals surface area contributed by atoms with Crippen LogP contribution in [0.2, 0.25) is 0 Å². The van der Waals surface area contributed by atoms with Crippen LogP contribution >= 0.6 is 11.3 Å². The molecule has 0 unspecified atom stereocenters. The number of rotatable bonds is 7. The molecule has 0 radical (unpaired) electrons. The van der Waals surface area contributed by atoms with Gasteiger partial charge in [0.2, 0.25) is 21.8 Å². The Labute approximate surface area is 189 Å². The molecule has 11 heteroatoms. The molecule has 0 fully saturated rings. The van der Waals surface area contributed by atoms with Crippen molar-refractivity contribution in [3.63, 3.8) is 0 Å². The van der Waals surface area contributed by atoms with Crippen molar-refractivity contribution in [3.8, 4) is 16.9 Å². The second-order valence-corrected chi connectivity index (χ2v) is 9.91. The number of aryl methyl sites for hydroxylation is 1. The second kappa shape index (κ2) is 8.85. The summed E-state index contributed by atoms with van der Waals surface area (Å²) in [6.45, 7) is 2.03. The second-order valence-electron chi connectivity index (χ2n) is 7.15. The van der Waals surface area contributed by atoms with Gasteiger partial charge < -0.3 is 10.1 Å². The van der Waals surface area contributed by atoms with Crippen LogP contribution in [0.3, 0.4) is 0 Å². The van der Waals surface area contributed by atoms with Gasteiger partial charge in [0.05, 0.1) is 12.8 Å². The molecule has 0 atom stereocenters. The highest BCUT2D eigenvalue weighted by molar-refractivity contribution is 7.89. The number of hydrogen-bond acceptors (Lipinski definition) is 7. The highest BCUT2D eigenvalue weighted by Gasteiger charge is 2.28. The number of nitrogens with zero attached hydrogens (tertiary/aromatic N) is 2. The van der Waals surface area contributed by atoms with E-state index in [1.165, 1.54) is 29.2 Å². The van der Waals surface area contributed by atoms with Gasteiger partial charge in [0.1, 0.15) is 16.5 Å². The topological polar surface area (TPSA) is 119 Å². The van der Waals surface area contributed by atoms with Crippen LogP contribution in [-0.2, 0) is 27.8 Å². The van der Waals surface area contributed by atoms with E-state index in [-0.39, 0.29) is 47.7 Å². The number of carbonyl (C=O) groups is 2. The van der Waals surface area contributed by atoms with Crippen LogP contribution in [-0.4, -0.2) is 37.1 Å². The minimum absolute atomic E-state index is 0.0395. The lowest BCUT2D eigenvalue weighted by Crippen LogP contribution is -2.23. The third-order valence-electron chi connectivity index (χ3n) is 5.11. The Hall–Kier alpha value is -3.02. The van der Waals surface area contributed by atoms with Gasteiger partial charge in [-0.25, -0.2) is 13.1 Å². The quantitative estimate of drug-likeness (QED) is 0.543. The van der Waals surface area contributed by atoms with E-state index >= 15 is 0 Å². The Kier molecular flexibility index (Phi) is 6.13. The first kappa shape index (κ1) is 22.2. The maximum Gasteiger partial charge on any atom is 0.249 e. The van der Waals surface area contributed by atoms with Crippen molar-refractivity contribution >= 4 is 39.0 Å². The van der Waals surface area contributed by atoms with E-state index in [4.69, 9.17) is 4.74 Å². The van der Waals surface area contributed by atoms with Crippen LogP contribution in [0.4, 0.5) is 5.82 Å². The number of amides is 1. The number of anilines is 1. The number of methoxy groups -OCH3 is 1. The van der Waals surface area contributed by atoms with Crippen molar-refractivity contribution in [2.75, 3.05) is 12.4 Å². The van der Waals surface area contributed by atoms with E-state index < -0.39 is 10.0 Å². The normalized spacial score (nSPS) is 14.1. The number of aromatic nitrogens is 2. The Morgan fingerprint density at radius 1 is 1.25 bits per heavy atom. The molecule has 32 heavy (non-hydrogen) atoms. The maximum absolute atomic E-state index is 13.1. The molecule has 0 spiro atoms. The molecule has 1 amide bonds. The average Bonchev–Trinajstić information content (AvgIpc) is 3.41. The number of hydrogen-bond donors (Lipinski definition) is 2. The largest absolute Gasteiger partial charge is 0.495 e. The highest BCUT2D eigenvalue weighted by atomic mass is 32.2. The fourth-order valence-electron chi connectivity index (χ4n) is 3.53. The SMILES string of the molecule is CCc1nn2c(c1-c1ccc(OC)c(S(=O)(=O)NCc3cccs3)c1)NC(=O)CCC2=O. The van der Waals surface area contributed by atoms with Crippen LogP contribution in [0, 0.1) is 0 Å². The lowest BCUT2D eigenvalue weighted by atomic mass is 10.0. The number of carbonyl (C=O) groups excluding carboxylic acids is 2. The molecule has 0 saturated heterocycles. The predicted octanol–water partition coefficient (Wildman–Crippen LogP) is 3.03. The molecule has 3 heterocycles. The van der Waals surface area contributed by atoms with Crippen molar-refractivity contribution in [1.82, 2.24) is 14.5 Å². The van der Waals surface area contributed by atoms with E-state index in [0.29, 0.717) is 23.2 Å². The van der Waals surface area contributed by atoms with Gasteiger partial charge in [-0.1, -0.05) is 19.1 Å². The molecule has 9 nitrogen and oxygen atoms in total. The molecular formula is C21H22N4O5S2. The van der Waals surface area contributed by atoms with E-state index in [0.717, 1.165) is 4.88 Å². The van der Waals surface area contributed by atoms with Gasteiger partial charge in [-0.3, -0.25) is 9.59 Å². The average molecular weight is 475 g/mol. The minimum Gasteiger partial charge on any atom is -0.495 e. The molecule has 2 N–H and O–H groups in total. The molecule has 1 aliphatic heterocycles. The third kappa shape index (κ3) is 4.18. The zero-order valence-corrected chi connectivity index (χ0v) is 19.2. The molecule has 1 aromatic carbocycles. The molecule has 1 aliphatic rings. The fraction of sp³-hybridized carbons (Fsp3) is 0.286. The van der Waals surface area contributed by atoms with Crippen molar-refractivity contribution in [2.24, 2.45) is 0 Å². The van der Waals surface area contributed by atoms with Gasteiger partial charge in [-0.05, 0) is 35.6 Å². The first-order valence-corrected chi connectivity index (χ1v) is 12.4. The van der Waals surface area contributed by atoms with E-state index in [2.05, 4.69) is 15.1 Å². The summed E-state index contributed by atoms with van der Waals surface area (Å²) in [5.74, 6) is -0.142.